The Kier molecular flexibility index (Phi) is 7.43. The molecule has 3 rings (SSSR count). The minimum atomic E-state index is 0.239. The molecule has 1 N–H and O–H groups in total. The number of nitrogens with one attached hydrogen (secondary N) is 1. The number of fused-ring (bicyclic) bond motifs is 1. The summed E-state index contributed by atoms with van der Waals surface area (Å²) < 4.78 is 26.6. The van der Waals surface area contributed by atoms with Crippen molar-refractivity contribution < 1.29 is 23.7 Å². The summed E-state index contributed by atoms with van der Waals surface area (Å²) in [5.41, 5.74) is 2.53. The molecule has 0 amide bonds. The van der Waals surface area contributed by atoms with Crippen LogP contribution in [0, 0.1) is 0 Å². The molecule has 8 nitrogen and oxygen atoms in total. The van der Waals surface area contributed by atoms with E-state index >= 15 is 0 Å². The summed E-state index contributed by atoms with van der Waals surface area (Å²) >= 11 is 0. The molecule has 0 aliphatic heterocycles. The lowest BCUT2D eigenvalue weighted by atomic mass is 10.2. The zero-order valence-corrected chi connectivity index (χ0v) is 16.8. The maximum absolute atomic E-state index is 5.77. The van der Waals surface area contributed by atoms with Crippen LogP contribution in [-0.4, -0.2) is 57.7 Å². The van der Waals surface area contributed by atoms with Gasteiger partial charge in [0, 0.05) is 25.6 Å². The van der Waals surface area contributed by atoms with Gasteiger partial charge in [-0.2, -0.15) is 9.97 Å². The molecule has 1 heterocycles. The van der Waals surface area contributed by atoms with E-state index in [1.165, 1.54) is 0 Å². The molecular formula is C21H25N3O5. The fraction of sp³-hybridized carbons (Fsp3) is 0.333. The maximum atomic E-state index is 5.77. The molecule has 0 saturated heterocycles. The second-order valence-corrected chi connectivity index (χ2v) is 6.08. The lowest BCUT2D eigenvalue weighted by molar-refractivity contribution is 0.135. The molecule has 2 aromatic carbocycles. The smallest absolute Gasteiger partial charge is 0.320 e. The van der Waals surface area contributed by atoms with Crippen LogP contribution in [0.1, 0.15) is 0 Å². The number of benzene rings is 2. The molecule has 0 bridgehead atoms. The van der Waals surface area contributed by atoms with Crippen LogP contribution in [0.25, 0.3) is 10.9 Å². The average molecular weight is 399 g/mol. The fourth-order valence-electron chi connectivity index (χ4n) is 2.61. The summed E-state index contributed by atoms with van der Waals surface area (Å²) in [5, 5.41) is 4.15. The number of anilines is 2. The van der Waals surface area contributed by atoms with E-state index in [4.69, 9.17) is 23.7 Å². The summed E-state index contributed by atoms with van der Waals surface area (Å²) in [6.45, 7) is 1.64. The number of ether oxygens (including phenoxy) is 5. The molecule has 0 atom stereocenters. The predicted molar refractivity (Wildman–Crippen MR) is 111 cm³/mol. The van der Waals surface area contributed by atoms with E-state index in [2.05, 4.69) is 15.3 Å². The van der Waals surface area contributed by atoms with E-state index < -0.39 is 0 Å². The Labute approximate surface area is 169 Å². The Morgan fingerprint density at radius 1 is 0.759 bits per heavy atom. The first kappa shape index (κ1) is 20.6. The van der Waals surface area contributed by atoms with Crippen molar-refractivity contribution in [2.75, 3.05) is 53.1 Å². The topological polar surface area (TPSA) is 84.0 Å². The number of hydrogen-bond acceptors (Lipinski definition) is 8. The molecular weight excluding hydrogens is 374 g/mol. The number of methoxy groups -OCH3 is 3. The van der Waals surface area contributed by atoms with E-state index in [0.29, 0.717) is 37.8 Å². The van der Waals surface area contributed by atoms with Gasteiger partial charge in [-0.05, 0) is 42.5 Å². The highest BCUT2D eigenvalue weighted by Gasteiger charge is 2.11. The first-order valence-corrected chi connectivity index (χ1v) is 9.20. The monoisotopic (exact) mass is 399 g/mol. The van der Waals surface area contributed by atoms with Crippen molar-refractivity contribution in [2.45, 2.75) is 0 Å². The summed E-state index contributed by atoms with van der Waals surface area (Å²) in [6, 6.07) is 13.7. The van der Waals surface area contributed by atoms with E-state index in [0.717, 1.165) is 22.5 Å². The van der Waals surface area contributed by atoms with Crippen molar-refractivity contribution in [3.05, 3.63) is 42.5 Å². The van der Waals surface area contributed by atoms with Gasteiger partial charge < -0.3 is 29.0 Å². The summed E-state index contributed by atoms with van der Waals surface area (Å²) in [4.78, 5) is 8.88. The van der Waals surface area contributed by atoms with Crippen LogP contribution in [0.2, 0.25) is 0 Å². The van der Waals surface area contributed by atoms with Crippen molar-refractivity contribution in [3.8, 4) is 17.6 Å². The van der Waals surface area contributed by atoms with Crippen molar-refractivity contribution in [3.63, 3.8) is 0 Å². The second-order valence-electron chi connectivity index (χ2n) is 6.08. The first-order valence-electron chi connectivity index (χ1n) is 9.20. The van der Waals surface area contributed by atoms with Crippen LogP contribution in [0.5, 0.6) is 17.6 Å². The van der Waals surface area contributed by atoms with Gasteiger partial charge in [-0.25, -0.2) is 0 Å². The lowest BCUT2D eigenvalue weighted by Gasteiger charge is -2.12. The molecule has 29 heavy (non-hydrogen) atoms. The summed E-state index contributed by atoms with van der Waals surface area (Å²) in [6.07, 6.45) is 0. The second kappa shape index (κ2) is 10.4. The van der Waals surface area contributed by atoms with Crippen LogP contribution in [0.3, 0.4) is 0 Å². The number of nitrogens with zero attached hydrogens (tertiary/aromatic N) is 2. The molecule has 0 unspecified atom stereocenters. The van der Waals surface area contributed by atoms with Crippen LogP contribution in [0.15, 0.2) is 42.5 Å². The SMILES string of the molecule is COCCOc1nc(OCCOC)c2ccc(Nc3ccc(OC)cc3)cc2n1. The van der Waals surface area contributed by atoms with E-state index in [-0.39, 0.29) is 6.01 Å². The highest BCUT2D eigenvalue weighted by Crippen LogP contribution is 2.29. The predicted octanol–water partition coefficient (Wildman–Crippen LogP) is 3.43. The summed E-state index contributed by atoms with van der Waals surface area (Å²) in [7, 11) is 4.88. The van der Waals surface area contributed by atoms with Crippen molar-refractivity contribution >= 4 is 22.3 Å². The minimum absolute atomic E-state index is 0.239. The average Bonchev–Trinajstić information content (AvgIpc) is 2.74. The Hall–Kier alpha value is -3.10. The van der Waals surface area contributed by atoms with Gasteiger partial charge in [-0.15, -0.1) is 0 Å². The van der Waals surface area contributed by atoms with Crippen molar-refractivity contribution in [1.82, 2.24) is 9.97 Å². The van der Waals surface area contributed by atoms with Gasteiger partial charge in [0.2, 0.25) is 5.88 Å². The zero-order valence-electron chi connectivity index (χ0n) is 16.8. The highest BCUT2D eigenvalue weighted by molar-refractivity contribution is 5.87. The molecule has 0 spiro atoms. The Morgan fingerprint density at radius 3 is 2.14 bits per heavy atom. The molecule has 1 aromatic heterocycles. The van der Waals surface area contributed by atoms with Crippen LogP contribution in [-0.2, 0) is 9.47 Å². The van der Waals surface area contributed by atoms with Crippen LogP contribution >= 0.6 is 0 Å². The van der Waals surface area contributed by atoms with Gasteiger partial charge >= 0.3 is 6.01 Å². The highest BCUT2D eigenvalue weighted by atomic mass is 16.5. The lowest BCUT2D eigenvalue weighted by Crippen LogP contribution is -2.10. The molecule has 8 heteroatoms. The molecule has 154 valence electrons. The Morgan fingerprint density at radius 2 is 1.45 bits per heavy atom. The van der Waals surface area contributed by atoms with Gasteiger partial charge in [-0.1, -0.05) is 0 Å². The van der Waals surface area contributed by atoms with Crippen LogP contribution in [0.4, 0.5) is 11.4 Å². The Bertz CT molecular complexity index is 918. The molecule has 0 fully saturated rings. The van der Waals surface area contributed by atoms with Gasteiger partial charge in [-0.3, -0.25) is 0 Å². The summed E-state index contributed by atoms with van der Waals surface area (Å²) in [5.74, 6) is 1.26. The fourth-order valence-corrected chi connectivity index (χ4v) is 2.61. The third kappa shape index (κ3) is 5.69. The molecule has 0 aliphatic carbocycles. The normalized spacial score (nSPS) is 10.7. The van der Waals surface area contributed by atoms with Crippen LogP contribution < -0.4 is 19.5 Å². The number of rotatable bonds is 11. The minimum Gasteiger partial charge on any atom is -0.497 e. The molecule has 0 radical (unpaired) electrons. The quantitative estimate of drug-likeness (QED) is 0.491. The molecule has 0 aliphatic rings. The Balaban J connectivity index is 1.86. The maximum Gasteiger partial charge on any atom is 0.320 e. The molecule has 3 aromatic rings. The van der Waals surface area contributed by atoms with Crippen molar-refractivity contribution in [1.29, 1.82) is 0 Å². The largest absolute Gasteiger partial charge is 0.497 e. The van der Waals surface area contributed by atoms with E-state index in [1.807, 2.05) is 42.5 Å². The third-order valence-electron chi connectivity index (χ3n) is 4.06. The number of aromatic nitrogens is 2. The van der Waals surface area contributed by atoms with Gasteiger partial charge in [0.15, 0.2) is 0 Å². The molecule has 0 saturated carbocycles. The zero-order chi connectivity index (χ0) is 20.5. The first-order chi connectivity index (χ1) is 14.2. The van der Waals surface area contributed by atoms with Gasteiger partial charge in [0.05, 0.1) is 31.2 Å². The van der Waals surface area contributed by atoms with E-state index in [9.17, 15) is 0 Å². The van der Waals surface area contributed by atoms with Gasteiger partial charge in [0.1, 0.15) is 19.0 Å². The third-order valence-corrected chi connectivity index (χ3v) is 4.06. The number of hydrogen-bond donors (Lipinski definition) is 1. The van der Waals surface area contributed by atoms with E-state index in [1.54, 1.807) is 21.3 Å². The van der Waals surface area contributed by atoms with Crippen molar-refractivity contribution in [2.24, 2.45) is 0 Å². The standard InChI is InChI=1S/C21H25N3O5/c1-25-10-12-28-20-18-9-6-16(22-15-4-7-17(27-3)8-5-15)14-19(18)23-21(24-20)29-13-11-26-2/h4-9,14,22H,10-13H2,1-3H3. The van der Waals surface area contributed by atoms with Gasteiger partial charge in [0.25, 0.3) is 0 Å².